The van der Waals surface area contributed by atoms with E-state index in [1.807, 2.05) is 0 Å². The van der Waals surface area contributed by atoms with Gasteiger partial charge >= 0.3 is 0 Å². The van der Waals surface area contributed by atoms with E-state index in [1.165, 1.54) is 10.9 Å². The van der Waals surface area contributed by atoms with E-state index in [-0.39, 0.29) is 16.7 Å². The predicted molar refractivity (Wildman–Crippen MR) is 101 cm³/mol. The highest BCUT2D eigenvalue weighted by molar-refractivity contribution is 7.16. The van der Waals surface area contributed by atoms with Crippen LogP contribution in [-0.4, -0.2) is 29.0 Å². The van der Waals surface area contributed by atoms with Crippen LogP contribution in [0, 0.1) is 0 Å². The van der Waals surface area contributed by atoms with Gasteiger partial charge in [-0.2, -0.15) is 0 Å². The average molecular weight is 398 g/mol. The van der Waals surface area contributed by atoms with Crippen molar-refractivity contribution in [3.05, 3.63) is 43.7 Å². The minimum Gasteiger partial charge on any atom is -0.506 e. The van der Waals surface area contributed by atoms with Gasteiger partial charge in [0.05, 0.1) is 10.6 Å². The van der Waals surface area contributed by atoms with Crippen molar-refractivity contribution < 1.29 is 9.90 Å². The van der Waals surface area contributed by atoms with Crippen LogP contribution in [-0.2, 0) is 13.0 Å². The van der Waals surface area contributed by atoms with Crippen LogP contribution < -0.4 is 10.6 Å². The van der Waals surface area contributed by atoms with E-state index in [0.717, 1.165) is 42.2 Å². The van der Waals surface area contributed by atoms with Crippen LogP contribution >= 0.6 is 34.5 Å². The van der Waals surface area contributed by atoms with E-state index in [4.69, 9.17) is 23.2 Å². The quantitative estimate of drug-likeness (QED) is 0.716. The fourth-order valence-corrected chi connectivity index (χ4v) is 5.22. The van der Waals surface area contributed by atoms with Gasteiger partial charge in [0.15, 0.2) is 0 Å². The standard InChI is InChI=1S/C17H17Cl2N3O2S/c1-2-22-4-3-9-12(7-22)25-17-13(9)16(24)20-15(21-17)10-5-8(18)6-11(19)14(10)23/h5-6,15,21,23H,2-4,7H2,1H3,(H,20,24). The summed E-state index contributed by atoms with van der Waals surface area (Å²) in [7, 11) is 0. The Hall–Kier alpha value is -1.47. The number of amides is 1. The minimum atomic E-state index is -0.571. The summed E-state index contributed by atoms with van der Waals surface area (Å²) in [4.78, 5) is 16.3. The molecule has 8 heteroatoms. The smallest absolute Gasteiger partial charge is 0.256 e. The zero-order valence-electron chi connectivity index (χ0n) is 13.5. The van der Waals surface area contributed by atoms with E-state index in [9.17, 15) is 9.90 Å². The normalized spacial score (nSPS) is 19.8. The Kier molecular flexibility index (Phi) is 4.32. The molecule has 4 rings (SSSR count). The summed E-state index contributed by atoms with van der Waals surface area (Å²) < 4.78 is 0. The first-order valence-corrected chi connectivity index (χ1v) is 9.67. The number of thiophene rings is 1. The maximum Gasteiger partial charge on any atom is 0.256 e. The van der Waals surface area contributed by atoms with Crippen molar-refractivity contribution in [1.82, 2.24) is 10.2 Å². The van der Waals surface area contributed by atoms with Crippen LogP contribution in [0.2, 0.25) is 10.0 Å². The second kappa shape index (κ2) is 6.36. The molecular weight excluding hydrogens is 381 g/mol. The minimum absolute atomic E-state index is 0.0780. The van der Waals surface area contributed by atoms with Gasteiger partial charge in [-0.05, 0) is 30.7 Å². The van der Waals surface area contributed by atoms with E-state index >= 15 is 0 Å². The maximum atomic E-state index is 12.7. The molecule has 5 nitrogen and oxygen atoms in total. The molecule has 3 N–H and O–H groups in total. The summed E-state index contributed by atoms with van der Waals surface area (Å²) in [5.74, 6) is -0.206. The molecule has 0 spiro atoms. The highest BCUT2D eigenvalue weighted by atomic mass is 35.5. The lowest BCUT2D eigenvalue weighted by molar-refractivity contribution is 0.0934. The first kappa shape index (κ1) is 17.0. The second-order valence-corrected chi connectivity index (χ2v) is 8.15. The lowest BCUT2D eigenvalue weighted by Crippen LogP contribution is -2.39. The number of hydrogen-bond donors (Lipinski definition) is 3. The molecule has 0 aliphatic carbocycles. The summed E-state index contributed by atoms with van der Waals surface area (Å²) in [6.45, 7) is 4.98. The number of aromatic hydroxyl groups is 1. The fraction of sp³-hybridized carbons (Fsp3) is 0.353. The van der Waals surface area contributed by atoms with Crippen molar-refractivity contribution in [2.75, 3.05) is 18.4 Å². The molecule has 1 aromatic heterocycles. The Balaban J connectivity index is 1.71. The SMILES string of the molecule is CCN1CCc2c(sc3c2C(=O)NC(c2cc(Cl)cc(Cl)c2O)N3)C1. The van der Waals surface area contributed by atoms with Crippen molar-refractivity contribution in [3.8, 4) is 5.75 Å². The first-order chi connectivity index (χ1) is 12.0. The lowest BCUT2D eigenvalue weighted by atomic mass is 10.00. The third-order valence-corrected chi connectivity index (χ3v) is 6.38. The van der Waals surface area contributed by atoms with Gasteiger partial charge in [0, 0.05) is 28.6 Å². The highest BCUT2D eigenvalue weighted by Crippen LogP contribution is 2.43. The number of anilines is 1. The van der Waals surface area contributed by atoms with E-state index in [2.05, 4.69) is 22.5 Å². The Labute approximate surface area is 159 Å². The van der Waals surface area contributed by atoms with Crippen molar-refractivity contribution in [3.63, 3.8) is 0 Å². The number of halogens is 2. The molecule has 2 aliphatic heterocycles. The van der Waals surface area contributed by atoms with Crippen molar-refractivity contribution in [1.29, 1.82) is 0 Å². The van der Waals surface area contributed by atoms with Crippen molar-refractivity contribution in [2.45, 2.75) is 26.1 Å². The highest BCUT2D eigenvalue weighted by Gasteiger charge is 2.34. The van der Waals surface area contributed by atoms with Gasteiger partial charge in [-0.15, -0.1) is 11.3 Å². The Morgan fingerprint density at radius 3 is 2.92 bits per heavy atom. The number of rotatable bonds is 2. The number of phenols is 1. The number of carbonyl (C=O) groups excluding carboxylic acids is 1. The topological polar surface area (TPSA) is 64.6 Å². The Morgan fingerprint density at radius 2 is 2.16 bits per heavy atom. The van der Waals surface area contributed by atoms with Gasteiger partial charge in [0.2, 0.25) is 0 Å². The molecule has 3 heterocycles. The summed E-state index contributed by atoms with van der Waals surface area (Å²) in [6, 6.07) is 3.08. The number of benzene rings is 1. The molecule has 25 heavy (non-hydrogen) atoms. The van der Waals surface area contributed by atoms with Gasteiger partial charge in [0.1, 0.15) is 16.9 Å². The van der Waals surface area contributed by atoms with Gasteiger partial charge < -0.3 is 15.7 Å². The number of carbonyl (C=O) groups is 1. The summed E-state index contributed by atoms with van der Waals surface area (Å²) in [6.07, 6.45) is 0.307. The largest absolute Gasteiger partial charge is 0.506 e. The van der Waals surface area contributed by atoms with Crippen LogP contribution in [0.3, 0.4) is 0 Å². The summed E-state index contributed by atoms with van der Waals surface area (Å²) in [5, 5.41) is 17.9. The molecule has 1 amide bonds. The predicted octanol–water partition coefficient (Wildman–Crippen LogP) is 3.99. The molecule has 1 aromatic carbocycles. The summed E-state index contributed by atoms with van der Waals surface area (Å²) in [5.41, 5.74) is 2.33. The zero-order chi connectivity index (χ0) is 17.7. The third-order valence-electron chi connectivity index (χ3n) is 4.73. The first-order valence-electron chi connectivity index (χ1n) is 8.10. The molecule has 0 saturated heterocycles. The van der Waals surface area contributed by atoms with Crippen LogP contribution in [0.25, 0.3) is 0 Å². The van der Waals surface area contributed by atoms with Gasteiger partial charge in [-0.1, -0.05) is 30.1 Å². The molecular formula is C17H17Cl2N3O2S. The molecule has 1 atom stereocenters. The van der Waals surface area contributed by atoms with Crippen LogP contribution in [0.5, 0.6) is 5.75 Å². The number of nitrogens with one attached hydrogen (secondary N) is 2. The van der Waals surface area contributed by atoms with Gasteiger partial charge in [-0.3, -0.25) is 9.69 Å². The zero-order valence-corrected chi connectivity index (χ0v) is 15.9. The van der Waals surface area contributed by atoms with Crippen LogP contribution in [0.4, 0.5) is 5.00 Å². The van der Waals surface area contributed by atoms with Gasteiger partial charge in [0.25, 0.3) is 5.91 Å². The number of likely N-dealkylation sites (N-methyl/N-ethyl adjacent to an activating group) is 1. The van der Waals surface area contributed by atoms with Crippen molar-refractivity contribution in [2.24, 2.45) is 0 Å². The number of phenolic OH excluding ortho intramolecular Hbond substituents is 1. The fourth-order valence-electron chi connectivity index (χ4n) is 3.40. The van der Waals surface area contributed by atoms with Crippen LogP contribution in [0.1, 0.15) is 39.5 Å². The van der Waals surface area contributed by atoms with E-state index in [0.29, 0.717) is 10.6 Å². The number of nitrogens with zero attached hydrogens (tertiary/aromatic N) is 1. The van der Waals surface area contributed by atoms with Crippen LogP contribution in [0.15, 0.2) is 12.1 Å². The molecule has 1 unspecified atom stereocenters. The Bertz CT molecular complexity index is 868. The summed E-state index contributed by atoms with van der Waals surface area (Å²) >= 11 is 13.7. The maximum absolute atomic E-state index is 12.7. The molecule has 132 valence electrons. The van der Waals surface area contributed by atoms with Crippen molar-refractivity contribution >= 4 is 45.4 Å². The average Bonchev–Trinajstić information content (AvgIpc) is 2.95. The monoisotopic (exact) mass is 397 g/mol. The molecule has 2 aromatic rings. The van der Waals surface area contributed by atoms with E-state index < -0.39 is 6.17 Å². The third kappa shape index (κ3) is 2.87. The molecule has 2 aliphatic rings. The lowest BCUT2D eigenvalue weighted by Gasteiger charge is -2.28. The van der Waals surface area contributed by atoms with Gasteiger partial charge in [-0.25, -0.2) is 0 Å². The van der Waals surface area contributed by atoms with E-state index in [1.54, 1.807) is 17.4 Å². The molecule has 0 bridgehead atoms. The molecule has 0 saturated carbocycles. The second-order valence-electron chi connectivity index (χ2n) is 6.20. The molecule has 0 radical (unpaired) electrons. The number of fused-ring (bicyclic) bond motifs is 3. The Morgan fingerprint density at radius 1 is 1.36 bits per heavy atom. The number of hydrogen-bond acceptors (Lipinski definition) is 5. The molecule has 0 fully saturated rings.